The molecule has 3 aromatic rings. The van der Waals surface area contributed by atoms with Gasteiger partial charge in [-0.1, -0.05) is 18.2 Å². The number of pyridine rings is 1. The summed E-state index contributed by atoms with van der Waals surface area (Å²) in [5.74, 6) is 2.14. The molecule has 0 aliphatic heterocycles. The second-order valence-corrected chi connectivity index (χ2v) is 7.18. The zero-order valence-corrected chi connectivity index (χ0v) is 15.8. The first-order valence-electron chi connectivity index (χ1n) is 8.85. The molecule has 2 aromatic heterocycles. The number of thioether (sulfide) groups is 1. The number of nitrogens with zero attached hydrogens (tertiary/aromatic N) is 3. The van der Waals surface area contributed by atoms with Gasteiger partial charge in [0, 0.05) is 24.2 Å². The van der Waals surface area contributed by atoms with E-state index < -0.39 is 0 Å². The minimum atomic E-state index is 0.559. The Kier molecular flexibility index (Phi) is 6.48. The van der Waals surface area contributed by atoms with Crippen molar-refractivity contribution in [3.8, 4) is 0 Å². The summed E-state index contributed by atoms with van der Waals surface area (Å²) in [6, 6.07) is 10.6. The predicted octanol–water partition coefficient (Wildman–Crippen LogP) is 4.85. The van der Waals surface area contributed by atoms with Crippen LogP contribution in [0.2, 0.25) is 0 Å². The van der Waals surface area contributed by atoms with Crippen molar-refractivity contribution < 1.29 is 4.74 Å². The molecule has 0 unspecified atom stereocenters. The number of benzene rings is 1. The Morgan fingerprint density at radius 1 is 1.12 bits per heavy atom. The molecule has 132 valence electrons. The normalized spacial score (nSPS) is 11.3. The van der Waals surface area contributed by atoms with Gasteiger partial charge in [0.25, 0.3) is 0 Å². The number of hydrogen-bond donors (Lipinski definition) is 0. The van der Waals surface area contributed by atoms with E-state index in [4.69, 9.17) is 9.72 Å². The first-order chi connectivity index (χ1) is 12.3. The fraction of sp³-hybridized carbons (Fsp3) is 0.400. The first kappa shape index (κ1) is 18.0. The molecule has 0 amide bonds. The average Bonchev–Trinajstić information content (AvgIpc) is 2.99. The van der Waals surface area contributed by atoms with Crippen molar-refractivity contribution in [3.05, 3.63) is 54.1 Å². The van der Waals surface area contributed by atoms with Crippen LogP contribution in [0.15, 0.2) is 47.6 Å². The average molecular weight is 356 g/mol. The summed E-state index contributed by atoms with van der Waals surface area (Å²) in [6.07, 6.45) is 6.07. The van der Waals surface area contributed by atoms with Crippen LogP contribution in [0.5, 0.6) is 0 Å². The molecule has 0 N–H and O–H groups in total. The van der Waals surface area contributed by atoms with Gasteiger partial charge in [-0.15, -0.1) is 11.8 Å². The van der Waals surface area contributed by atoms with E-state index >= 15 is 0 Å². The molecule has 0 radical (unpaired) electrons. The predicted molar refractivity (Wildman–Crippen MR) is 104 cm³/mol. The highest BCUT2D eigenvalue weighted by molar-refractivity contribution is 7.99. The summed E-state index contributed by atoms with van der Waals surface area (Å²) in [6.45, 7) is 6.35. The number of imidazole rings is 1. The van der Waals surface area contributed by atoms with Crippen LogP contribution < -0.4 is 0 Å². The molecule has 3 rings (SSSR count). The fourth-order valence-corrected chi connectivity index (χ4v) is 3.86. The van der Waals surface area contributed by atoms with E-state index in [-0.39, 0.29) is 0 Å². The number of aromatic nitrogens is 3. The molecular formula is C20H25N3OS. The number of fused-ring (bicyclic) bond motifs is 1. The Labute approximate surface area is 153 Å². The quantitative estimate of drug-likeness (QED) is 0.406. The maximum absolute atomic E-state index is 5.61. The summed E-state index contributed by atoms with van der Waals surface area (Å²) in [7, 11) is 0. The number of unbranched alkanes of at least 4 members (excludes halogenated alkanes) is 1. The minimum absolute atomic E-state index is 0.559. The van der Waals surface area contributed by atoms with Crippen LogP contribution in [0, 0.1) is 6.92 Å². The van der Waals surface area contributed by atoms with Crippen LogP contribution >= 0.6 is 11.8 Å². The van der Waals surface area contributed by atoms with Gasteiger partial charge in [-0.25, -0.2) is 4.98 Å². The fourth-order valence-electron chi connectivity index (χ4n) is 2.93. The van der Waals surface area contributed by atoms with Crippen molar-refractivity contribution in [1.82, 2.24) is 14.5 Å². The molecule has 0 aliphatic carbocycles. The van der Waals surface area contributed by atoms with Crippen LogP contribution in [-0.4, -0.2) is 26.9 Å². The smallest absolute Gasteiger partial charge is 0.136 e. The van der Waals surface area contributed by atoms with Gasteiger partial charge in [0.1, 0.15) is 17.9 Å². The molecule has 2 heterocycles. The maximum Gasteiger partial charge on any atom is 0.136 e. The highest BCUT2D eigenvalue weighted by Crippen LogP contribution is 2.22. The Morgan fingerprint density at radius 2 is 1.96 bits per heavy atom. The summed E-state index contributed by atoms with van der Waals surface area (Å²) < 4.78 is 7.92. The lowest BCUT2D eigenvalue weighted by atomic mass is 10.2. The van der Waals surface area contributed by atoms with E-state index in [1.165, 1.54) is 22.4 Å². The molecule has 25 heavy (non-hydrogen) atoms. The molecule has 1 aromatic carbocycles. The van der Waals surface area contributed by atoms with E-state index in [0.717, 1.165) is 30.1 Å². The van der Waals surface area contributed by atoms with Gasteiger partial charge in [-0.2, -0.15) is 0 Å². The standard InChI is InChI=1S/C20H25N3OS/c1-3-24-15-19-22-18-14-21-13-16(2)20(18)23(19)11-7-8-12-25-17-9-5-4-6-10-17/h4-6,9-10,13-14H,3,7-8,11-12,15H2,1-2H3. The highest BCUT2D eigenvalue weighted by atomic mass is 32.2. The van der Waals surface area contributed by atoms with Gasteiger partial charge in [-0.05, 0) is 50.1 Å². The third kappa shape index (κ3) is 4.61. The van der Waals surface area contributed by atoms with Crippen molar-refractivity contribution in [1.29, 1.82) is 0 Å². The van der Waals surface area contributed by atoms with E-state index in [1.807, 2.05) is 31.1 Å². The summed E-state index contributed by atoms with van der Waals surface area (Å²) >= 11 is 1.92. The zero-order chi connectivity index (χ0) is 17.5. The lowest BCUT2D eigenvalue weighted by Crippen LogP contribution is -2.07. The van der Waals surface area contributed by atoms with Crippen molar-refractivity contribution in [2.24, 2.45) is 0 Å². The van der Waals surface area contributed by atoms with Gasteiger partial charge in [0.2, 0.25) is 0 Å². The van der Waals surface area contributed by atoms with Gasteiger partial charge in [0.15, 0.2) is 0 Å². The largest absolute Gasteiger partial charge is 0.374 e. The van der Waals surface area contributed by atoms with Gasteiger partial charge in [-0.3, -0.25) is 4.98 Å². The molecular weight excluding hydrogens is 330 g/mol. The highest BCUT2D eigenvalue weighted by Gasteiger charge is 2.12. The molecule has 0 atom stereocenters. The third-order valence-corrected chi connectivity index (χ3v) is 5.23. The van der Waals surface area contributed by atoms with Crippen LogP contribution in [0.3, 0.4) is 0 Å². The Morgan fingerprint density at radius 3 is 2.76 bits per heavy atom. The number of hydrogen-bond acceptors (Lipinski definition) is 4. The molecule has 0 saturated heterocycles. The third-order valence-electron chi connectivity index (χ3n) is 4.14. The molecule has 0 spiro atoms. The van der Waals surface area contributed by atoms with Crippen molar-refractivity contribution in [3.63, 3.8) is 0 Å². The van der Waals surface area contributed by atoms with Gasteiger partial charge in [0.05, 0.1) is 11.7 Å². The first-order valence-corrected chi connectivity index (χ1v) is 9.83. The number of rotatable bonds is 9. The Balaban J connectivity index is 1.63. The minimum Gasteiger partial charge on any atom is -0.374 e. The Bertz CT molecular complexity index is 801. The topological polar surface area (TPSA) is 39.9 Å². The monoisotopic (exact) mass is 355 g/mol. The summed E-state index contributed by atoms with van der Waals surface area (Å²) in [4.78, 5) is 10.3. The van der Waals surface area contributed by atoms with E-state index in [2.05, 4.69) is 46.8 Å². The zero-order valence-electron chi connectivity index (χ0n) is 14.9. The van der Waals surface area contributed by atoms with Crippen molar-refractivity contribution in [2.75, 3.05) is 12.4 Å². The van der Waals surface area contributed by atoms with E-state index in [1.54, 1.807) is 0 Å². The number of aryl methyl sites for hydroxylation is 2. The Hall–Kier alpha value is -1.85. The second-order valence-electron chi connectivity index (χ2n) is 6.01. The second kappa shape index (κ2) is 9.02. The number of ether oxygens (including phenoxy) is 1. The summed E-state index contributed by atoms with van der Waals surface area (Å²) in [5, 5.41) is 0. The van der Waals surface area contributed by atoms with Crippen LogP contribution in [0.4, 0.5) is 0 Å². The molecule has 5 heteroatoms. The van der Waals surface area contributed by atoms with Crippen molar-refractivity contribution in [2.45, 2.75) is 44.7 Å². The molecule has 0 bridgehead atoms. The van der Waals surface area contributed by atoms with E-state index in [9.17, 15) is 0 Å². The molecule has 4 nitrogen and oxygen atoms in total. The SMILES string of the molecule is CCOCc1nc2cncc(C)c2n1CCCCSc1ccccc1. The van der Waals surface area contributed by atoms with Crippen LogP contribution in [0.25, 0.3) is 11.0 Å². The lowest BCUT2D eigenvalue weighted by molar-refractivity contribution is 0.126. The van der Waals surface area contributed by atoms with Gasteiger partial charge < -0.3 is 9.30 Å². The summed E-state index contributed by atoms with van der Waals surface area (Å²) in [5.41, 5.74) is 3.33. The molecule has 0 fully saturated rings. The molecule has 0 saturated carbocycles. The van der Waals surface area contributed by atoms with Crippen LogP contribution in [-0.2, 0) is 17.9 Å². The van der Waals surface area contributed by atoms with Gasteiger partial charge >= 0.3 is 0 Å². The van der Waals surface area contributed by atoms with Crippen molar-refractivity contribution >= 4 is 22.8 Å². The lowest BCUT2D eigenvalue weighted by Gasteiger charge is -2.10. The maximum atomic E-state index is 5.61. The van der Waals surface area contributed by atoms with E-state index in [0.29, 0.717) is 13.2 Å². The van der Waals surface area contributed by atoms with Crippen LogP contribution in [0.1, 0.15) is 31.2 Å². The molecule has 0 aliphatic rings.